The third-order valence-corrected chi connectivity index (χ3v) is 5.94. The minimum absolute atomic E-state index is 0.0297. The van der Waals surface area contributed by atoms with Crippen LogP contribution in [0.3, 0.4) is 0 Å². The average molecular weight is 471 g/mol. The van der Waals surface area contributed by atoms with Crippen molar-refractivity contribution in [2.45, 2.75) is 25.7 Å². The molecule has 178 valence electrons. The zero-order valence-corrected chi connectivity index (χ0v) is 19.7. The molecule has 1 saturated heterocycles. The van der Waals surface area contributed by atoms with Crippen LogP contribution >= 0.6 is 0 Å². The van der Waals surface area contributed by atoms with Crippen LogP contribution in [0.2, 0.25) is 0 Å². The van der Waals surface area contributed by atoms with Crippen LogP contribution in [-0.4, -0.2) is 55.7 Å². The van der Waals surface area contributed by atoms with Crippen molar-refractivity contribution in [2.24, 2.45) is 0 Å². The van der Waals surface area contributed by atoms with Crippen LogP contribution in [0.25, 0.3) is 5.82 Å². The van der Waals surface area contributed by atoms with Gasteiger partial charge in [0.05, 0.1) is 12.7 Å². The number of piperidine rings is 1. The van der Waals surface area contributed by atoms with Gasteiger partial charge in [-0.05, 0) is 62.2 Å². The monoisotopic (exact) mass is 470 g/mol. The van der Waals surface area contributed by atoms with Crippen LogP contribution in [0.5, 0.6) is 17.4 Å². The van der Waals surface area contributed by atoms with E-state index in [0.29, 0.717) is 41.9 Å². The third kappa shape index (κ3) is 5.13. The zero-order chi connectivity index (χ0) is 24.2. The largest absolute Gasteiger partial charge is 0.497 e. The fourth-order valence-electron chi connectivity index (χ4n) is 4.17. The third-order valence-electron chi connectivity index (χ3n) is 5.94. The van der Waals surface area contributed by atoms with Gasteiger partial charge in [-0.15, -0.1) is 0 Å². The maximum atomic E-state index is 13.2. The van der Waals surface area contributed by atoms with Gasteiger partial charge < -0.3 is 14.4 Å². The van der Waals surface area contributed by atoms with Crippen molar-refractivity contribution in [2.75, 3.05) is 20.2 Å². The van der Waals surface area contributed by atoms with Crippen molar-refractivity contribution in [3.05, 3.63) is 84.2 Å². The Morgan fingerprint density at radius 1 is 1.09 bits per heavy atom. The topological polar surface area (TPSA) is 95.3 Å². The first-order valence-electron chi connectivity index (χ1n) is 11.5. The van der Waals surface area contributed by atoms with Crippen LogP contribution in [-0.2, 0) is 0 Å². The number of nitrogens with zero attached hydrogens (tertiary/aromatic N) is 6. The van der Waals surface area contributed by atoms with E-state index in [-0.39, 0.29) is 11.8 Å². The second kappa shape index (κ2) is 9.92. The summed E-state index contributed by atoms with van der Waals surface area (Å²) in [6.07, 6.45) is 6.89. The van der Waals surface area contributed by atoms with Gasteiger partial charge in [0.1, 0.15) is 17.3 Å². The Morgan fingerprint density at radius 3 is 2.63 bits per heavy atom. The molecule has 9 heteroatoms. The van der Waals surface area contributed by atoms with E-state index in [1.807, 2.05) is 54.4 Å². The number of amides is 1. The van der Waals surface area contributed by atoms with Crippen molar-refractivity contribution < 1.29 is 14.3 Å². The number of hydrogen-bond acceptors (Lipinski definition) is 7. The summed E-state index contributed by atoms with van der Waals surface area (Å²) in [7, 11) is 1.63. The number of hydrogen-bond donors (Lipinski definition) is 0. The molecule has 0 saturated carbocycles. The highest BCUT2D eigenvalue weighted by Gasteiger charge is 2.28. The molecule has 0 radical (unpaired) electrons. The van der Waals surface area contributed by atoms with E-state index < -0.39 is 0 Å². The first kappa shape index (κ1) is 22.5. The molecule has 1 aliphatic heterocycles. The minimum Gasteiger partial charge on any atom is -0.497 e. The molecule has 0 spiro atoms. The lowest BCUT2D eigenvalue weighted by atomic mass is 9.96. The molecule has 3 aromatic heterocycles. The summed E-state index contributed by atoms with van der Waals surface area (Å²) in [5.74, 6) is 3.26. The van der Waals surface area contributed by atoms with Gasteiger partial charge >= 0.3 is 0 Å². The highest BCUT2D eigenvalue weighted by molar-refractivity contribution is 5.94. The Hall–Kier alpha value is -4.27. The summed E-state index contributed by atoms with van der Waals surface area (Å²) in [6, 6.07) is 14.6. The van der Waals surface area contributed by atoms with Gasteiger partial charge in [0.15, 0.2) is 5.82 Å². The lowest BCUT2D eigenvalue weighted by molar-refractivity contribution is 0.0704. The van der Waals surface area contributed by atoms with Gasteiger partial charge in [-0.1, -0.05) is 0 Å². The molecule has 9 nitrogen and oxygen atoms in total. The second-order valence-corrected chi connectivity index (χ2v) is 8.43. The van der Waals surface area contributed by atoms with Crippen molar-refractivity contribution in [1.29, 1.82) is 0 Å². The molecule has 0 aliphatic carbocycles. The number of rotatable bonds is 6. The van der Waals surface area contributed by atoms with Gasteiger partial charge in [-0.3, -0.25) is 4.79 Å². The minimum atomic E-state index is -0.0448. The lowest BCUT2D eigenvalue weighted by Gasteiger charge is -2.32. The van der Waals surface area contributed by atoms with Crippen molar-refractivity contribution in [3.63, 3.8) is 0 Å². The van der Waals surface area contributed by atoms with Gasteiger partial charge in [-0.2, -0.15) is 10.1 Å². The highest BCUT2D eigenvalue weighted by atomic mass is 16.5. The smallest absolute Gasteiger partial charge is 0.255 e. The van der Waals surface area contributed by atoms with Crippen molar-refractivity contribution >= 4 is 5.91 Å². The van der Waals surface area contributed by atoms with E-state index in [0.717, 1.165) is 24.3 Å². The Labute approximate surface area is 203 Å². The summed E-state index contributed by atoms with van der Waals surface area (Å²) >= 11 is 0. The number of aromatic nitrogens is 5. The van der Waals surface area contributed by atoms with Crippen LogP contribution in [0, 0.1) is 6.92 Å². The van der Waals surface area contributed by atoms with Crippen LogP contribution < -0.4 is 9.47 Å². The molecule has 1 aliphatic rings. The van der Waals surface area contributed by atoms with Gasteiger partial charge in [-0.25, -0.2) is 14.6 Å². The quantitative estimate of drug-likeness (QED) is 0.417. The molecule has 1 aromatic carbocycles. The number of aryl methyl sites for hydroxylation is 1. The Balaban J connectivity index is 1.29. The molecule has 1 amide bonds. The van der Waals surface area contributed by atoms with Crippen molar-refractivity contribution in [3.8, 4) is 23.2 Å². The molecule has 4 aromatic rings. The van der Waals surface area contributed by atoms with E-state index >= 15 is 0 Å². The second-order valence-electron chi connectivity index (χ2n) is 8.43. The van der Waals surface area contributed by atoms with Gasteiger partial charge in [0.2, 0.25) is 5.88 Å². The first-order chi connectivity index (χ1) is 17.1. The lowest BCUT2D eigenvalue weighted by Crippen LogP contribution is -2.39. The number of pyridine rings is 1. The number of likely N-dealkylation sites (tertiary alicyclic amines) is 1. The van der Waals surface area contributed by atoms with E-state index in [1.165, 1.54) is 0 Å². The summed E-state index contributed by atoms with van der Waals surface area (Å²) in [5.41, 5.74) is 1.37. The van der Waals surface area contributed by atoms with E-state index in [2.05, 4.69) is 20.1 Å². The normalized spacial score (nSPS) is 15.6. The molecule has 1 atom stereocenters. The van der Waals surface area contributed by atoms with Gasteiger partial charge in [0.25, 0.3) is 5.91 Å². The first-order valence-corrected chi connectivity index (χ1v) is 11.5. The fourth-order valence-corrected chi connectivity index (χ4v) is 4.17. The fraction of sp³-hybridized carbons (Fsp3) is 0.269. The molecule has 0 bridgehead atoms. The van der Waals surface area contributed by atoms with E-state index in [9.17, 15) is 4.79 Å². The Kier molecular flexibility index (Phi) is 6.38. The molecule has 1 fully saturated rings. The SMILES string of the molecule is COc1ccc(Oc2cc(C)nc([C@H]3CCCN(C(=O)c4ccc(-n5cccn5)nc4)C3)n2)cc1. The molecule has 35 heavy (non-hydrogen) atoms. The van der Waals surface area contributed by atoms with Crippen LogP contribution in [0.15, 0.2) is 67.1 Å². The van der Waals surface area contributed by atoms with Crippen LogP contribution in [0.4, 0.5) is 0 Å². The van der Waals surface area contributed by atoms with Gasteiger partial charge in [0, 0.05) is 49.4 Å². The summed E-state index contributed by atoms with van der Waals surface area (Å²) in [4.78, 5) is 28.8. The molecule has 0 unspecified atom stereocenters. The molecule has 5 rings (SSSR count). The maximum absolute atomic E-state index is 13.2. The summed E-state index contributed by atoms with van der Waals surface area (Å²) in [6.45, 7) is 3.16. The predicted octanol–water partition coefficient (Wildman–Crippen LogP) is 4.19. The van der Waals surface area contributed by atoms with E-state index in [4.69, 9.17) is 9.47 Å². The summed E-state index contributed by atoms with van der Waals surface area (Å²) in [5, 5.41) is 4.17. The maximum Gasteiger partial charge on any atom is 0.255 e. The highest BCUT2D eigenvalue weighted by Crippen LogP contribution is 2.29. The van der Waals surface area contributed by atoms with Crippen LogP contribution in [0.1, 0.15) is 40.6 Å². The molecular weight excluding hydrogens is 444 g/mol. The standard InChI is InChI=1S/C26H26N6O3/c1-18-15-24(35-22-9-7-21(34-2)8-10-22)30-25(29-18)20-5-3-13-31(17-20)26(33)19-6-11-23(27-16-19)32-14-4-12-28-32/h4,6-12,14-16,20H,3,5,13,17H2,1-2H3/t20-/m0/s1. The molecule has 4 heterocycles. The number of methoxy groups -OCH3 is 1. The Morgan fingerprint density at radius 2 is 1.91 bits per heavy atom. The molecule has 0 N–H and O–H groups in total. The zero-order valence-electron chi connectivity index (χ0n) is 19.7. The number of benzene rings is 1. The number of carbonyl (C=O) groups is 1. The number of carbonyl (C=O) groups excluding carboxylic acids is 1. The van der Waals surface area contributed by atoms with E-state index in [1.54, 1.807) is 36.3 Å². The molecular formula is C26H26N6O3. The summed E-state index contributed by atoms with van der Waals surface area (Å²) < 4.78 is 12.8. The predicted molar refractivity (Wildman–Crippen MR) is 129 cm³/mol. The van der Waals surface area contributed by atoms with Crippen molar-refractivity contribution in [1.82, 2.24) is 29.6 Å². The average Bonchev–Trinajstić information content (AvgIpc) is 3.44. The Bertz CT molecular complexity index is 1290. The number of ether oxygens (including phenoxy) is 2.